The Labute approximate surface area is 179 Å². The maximum absolute atomic E-state index is 13.0. The highest BCUT2D eigenvalue weighted by Crippen LogP contribution is 2.24. The van der Waals surface area contributed by atoms with Gasteiger partial charge in [-0.1, -0.05) is 12.1 Å². The summed E-state index contributed by atoms with van der Waals surface area (Å²) in [7, 11) is 0. The molecule has 2 saturated heterocycles. The lowest BCUT2D eigenvalue weighted by Gasteiger charge is -2.37. The van der Waals surface area contributed by atoms with Crippen LogP contribution in [0.2, 0.25) is 0 Å². The van der Waals surface area contributed by atoms with Crippen molar-refractivity contribution in [3.8, 4) is 0 Å². The molecule has 3 heterocycles. The largest absolute Gasteiger partial charge is 0.372 e. The van der Waals surface area contributed by atoms with Gasteiger partial charge in [0.2, 0.25) is 0 Å². The quantitative estimate of drug-likeness (QED) is 0.780. The summed E-state index contributed by atoms with van der Waals surface area (Å²) >= 11 is 0. The molecule has 160 valence electrons. The molecule has 2 aromatic rings. The van der Waals surface area contributed by atoms with Crippen molar-refractivity contribution in [3.63, 3.8) is 0 Å². The topological polar surface area (TPSA) is 48.9 Å². The van der Waals surface area contributed by atoms with Crippen molar-refractivity contribution < 1.29 is 9.53 Å². The number of ether oxygens (including phenoxy) is 1. The lowest BCUT2D eigenvalue weighted by atomic mass is 10.1. The second-order valence-electron chi connectivity index (χ2n) is 8.57. The normalized spacial score (nSPS) is 22.3. The van der Waals surface area contributed by atoms with E-state index in [1.54, 1.807) is 6.20 Å². The second kappa shape index (κ2) is 8.64. The van der Waals surface area contributed by atoms with Crippen LogP contribution >= 0.6 is 0 Å². The number of hydrogen-bond donors (Lipinski definition) is 0. The fourth-order valence-electron chi connectivity index (χ4n) is 4.48. The first-order chi connectivity index (χ1) is 14.4. The van der Waals surface area contributed by atoms with Crippen molar-refractivity contribution in [1.29, 1.82) is 0 Å². The average Bonchev–Trinajstić information content (AvgIpc) is 2.75. The standard InChI is InChI=1S/C24H32N4O2/c1-17-6-5-7-22(20(17)4)26-10-12-27(13-11-26)24(29)21-8-9-23(25-14-21)28-15-18(2)30-19(3)16-28/h5-9,14,18-19H,10-13,15-16H2,1-4H3/t18-,19-/m0/s1. The number of morpholine rings is 1. The summed E-state index contributed by atoms with van der Waals surface area (Å²) in [6.07, 6.45) is 2.09. The molecule has 0 radical (unpaired) electrons. The molecule has 0 spiro atoms. The van der Waals surface area contributed by atoms with Crippen molar-refractivity contribution in [2.24, 2.45) is 0 Å². The zero-order chi connectivity index (χ0) is 21.3. The predicted octanol–water partition coefficient (Wildman–Crippen LogP) is 3.27. The molecule has 2 aliphatic heterocycles. The summed E-state index contributed by atoms with van der Waals surface area (Å²) in [6.45, 7) is 13.3. The monoisotopic (exact) mass is 408 g/mol. The molecule has 30 heavy (non-hydrogen) atoms. The number of anilines is 2. The van der Waals surface area contributed by atoms with Gasteiger partial charge in [0.1, 0.15) is 5.82 Å². The van der Waals surface area contributed by atoms with E-state index in [0.29, 0.717) is 5.56 Å². The molecule has 2 atom stereocenters. The minimum atomic E-state index is 0.0679. The van der Waals surface area contributed by atoms with E-state index in [2.05, 4.69) is 60.7 Å². The summed E-state index contributed by atoms with van der Waals surface area (Å²) in [5.74, 6) is 0.978. The molecular formula is C24H32N4O2. The lowest BCUT2D eigenvalue weighted by Crippen LogP contribution is -2.49. The number of amides is 1. The van der Waals surface area contributed by atoms with Gasteiger partial charge in [-0.2, -0.15) is 0 Å². The average molecular weight is 409 g/mol. The molecule has 0 saturated carbocycles. The Kier molecular flexibility index (Phi) is 5.95. The number of piperazine rings is 1. The van der Waals surface area contributed by atoms with Crippen LogP contribution in [0.1, 0.15) is 35.3 Å². The van der Waals surface area contributed by atoms with Gasteiger partial charge in [0.05, 0.1) is 17.8 Å². The van der Waals surface area contributed by atoms with Crippen LogP contribution in [-0.4, -0.2) is 67.3 Å². The Balaban J connectivity index is 1.38. The van der Waals surface area contributed by atoms with Crippen LogP contribution in [0.4, 0.5) is 11.5 Å². The predicted molar refractivity (Wildman–Crippen MR) is 120 cm³/mol. The fraction of sp³-hybridized carbons (Fsp3) is 0.500. The number of nitrogens with zero attached hydrogens (tertiary/aromatic N) is 4. The second-order valence-corrected chi connectivity index (χ2v) is 8.57. The van der Waals surface area contributed by atoms with Crippen molar-refractivity contribution in [3.05, 3.63) is 53.2 Å². The summed E-state index contributed by atoms with van der Waals surface area (Å²) in [6, 6.07) is 10.3. The molecular weight excluding hydrogens is 376 g/mol. The number of carbonyl (C=O) groups excluding carboxylic acids is 1. The Bertz CT molecular complexity index is 881. The third-order valence-corrected chi connectivity index (χ3v) is 6.22. The Morgan fingerprint density at radius 1 is 0.967 bits per heavy atom. The van der Waals surface area contributed by atoms with E-state index in [9.17, 15) is 4.79 Å². The van der Waals surface area contributed by atoms with Crippen LogP contribution < -0.4 is 9.80 Å². The molecule has 0 unspecified atom stereocenters. The fourth-order valence-corrected chi connectivity index (χ4v) is 4.48. The van der Waals surface area contributed by atoms with Gasteiger partial charge in [0.25, 0.3) is 5.91 Å². The van der Waals surface area contributed by atoms with Crippen LogP contribution in [0.15, 0.2) is 36.5 Å². The first kappa shape index (κ1) is 20.7. The number of carbonyl (C=O) groups is 1. The van der Waals surface area contributed by atoms with Crippen LogP contribution in [0.25, 0.3) is 0 Å². The minimum absolute atomic E-state index is 0.0679. The van der Waals surface area contributed by atoms with Gasteiger partial charge in [-0.25, -0.2) is 4.98 Å². The summed E-state index contributed by atoms with van der Waals surface area (Å²) in [5, 5.41) is 0. The molecule has 1 aromatic carbocycles. The van der Waals surface area contributed by atoms with Crippen LogP contribution in [0.5, 0.6) is 0 Å². The van der Waals surface area contributed by atoms with Crippen LogP contribution in [-0.2, 0) is 4.74 Å². The number of rotatable bonds is 3. The number of benzene rings is 1. The maximum Gasteiger partial charge on any atom is 0.255 e. The van der Waals surface area contributed by atoms with E-state index >= 15 is 0 Å². The van der Waals surface area contributed by atoms with Gasteiger partial charge >= 0.3 is 0 Å². The third-order valence-electron chi connectivity index (χ3n) is 6.22. The van der Waals surface area contributed by atoms with Crippen molar-refractivity contribution >= 4 is 17.4 Å². The van der Waals surface area contributed by atoms with Crippen molar-refractivity contribution in [2.45, 2.75) is 39.9 Å². The first-order valence-electron chi connectivity index (χ1n) is 10.9. The molecule has 2 aliphatic rings. The SMILES string of the molecule is Cc1cccc(N2CCN(C(=O)c3ccc(N4C[C@H](C)O[C@@H](C)C4)nc3)CC2)c1C. The molecule has 4 rings (SSSR count). The van der Waals surface area contributed by atoms with Gasteiger partial charge in [-0.3, -0.25) is 4.79 Å². The van der Waals surface area contributed by atoms with E-state index in [1.807, 2.05) is 17.0 Å². The van der Waals surface area contributed by atoms with E-state index in [-0.39, 0.29) is 18.1 Å². The Morgan fingerprint density at radius 3 is 2.30 bits per heavy atom. The zero-order valence-electron chi connectivity index (χ0n) is 18.5. The van der Waals surface area contributed by atoms with Crippen molar-refractivity contribution in [2.75, 3.05) is 49.1 Å². The minimum Gasteiger partial charge on any atom is -0.372 e. The molecule has 1 aromatic heterocycles. The third kappa shape index (κ3) is 4.29. The molecule has 6 nitrogen and oxygen atoms in total. The van der Waals surface area contributed by atoms with Crippen LogP contribution in [0, 0.1) is 13.8 Å². The van der Waals surface area contributed by atoms with Gasteiger partial charge in [-0.05, 0) is 57.0 Å². The molecule has 0 bridgehead atoms. The number of aryl methyl sites for hydroxylation is 1. The summed E-state index contributed by atoms with van der Waals surface area (Å²) in [5.41, 5.74) is 4.57. The molecule has 2 fully saturated rings. The zero-order valence-corrected chi connectivity index (χ0v) is 18.5. The van der Waals surface area contributed by atoms with E-state index < -0.39 is 0 Å². The molecule has 6 heteroatoms. The van der Waals surface area contributed by atoms with Gasteiger partial charge in [-0.15, -0.1) is 0 Å². The van der Waals surface area contributed by atoms with Crippen molar-refractivity contribution in [1.82, 2.24) is 9.88 Å². The molecule has 0 aliphatic carbocycles. The van der Waals surface area contributed by atoms with E-state index in [0.717, 1.165) is 45.1 Å². The van der Waals surface area contributed by atoms with Gasteiger partial charge in [0, 0.05) is 51.2 Å². The summed E-state index contributed by atoms with van der Waals surface area (Å²) in [4.78, 5) is 24.1. The first-order valence-corrected chi connectivity index (χ1v) is 10.9. The Hall–Kier alpha value is -2.60. The highest BCUT2D eigenvalue weighted by Gasteiger charge is 2.25. The molecule has 0 N–H and O–H groups in total. The highest BCUT2D eigenvalue weighted by atomic mass is 16.5. The number of hydrogen-bond acceptors (Lipinski definition) is 5. The maximum atomic E-state index is 13.0. The van der Waals surface area contributed by atoms with Crippen LogP contribution in [0.3, 0.4) is 0 Å². The highest BCUT2D eigenvalue weighted by molar-refractivity contribution is 5.94. The van der Waals surface area contributed by atoms with E-state index in [1.165, 1.54) is 16.8 Å². The summed E-state index contributed by atoms with van der Waals surface area (Å²) < 4.78 is 5.80. The van der Waals surface area contributed by atoms with Gasteiger partial charge in [0.15, 0.2) is 0 Å². The Morgan fingerprint density at radius 2 is 1.67 bits per heavy atom. The van der Waals surface area contributed by atoms with Gasteiger partial charge < -0.3 is 19.4 Å². The molecule has 1 amide bonds. The smallest absolute Gasteiger partial charge is 0.255 e. The lowest BCUT2D eigenvalue weighted by molar-refractivity contribution is -0.00546. The van der Waals surface area contributed by atoms with E-state index in [4.69, 9.17) is 4.74 Å². The number of pyridine rings is 1. The number of aromatic nitrogens is 1.